The Morgan fingerprint density at radius 2 is 1.10 bits per heavy atom. The van der Waals surface area contributed by atoms with Gasteiger partial charge >= 0.3 is 11.9 Å². The van der Waals surface area contributed by atoms with Gasteiger partial charge in [-0.2, -0.15) is 0 Å². The molecule has 0 saturated carbocycles. The number of hydrogen-bond donors (Lipinski definition) is 4. The smallest absolute Gasteiger partial charge is 0.326 e. The van der Waals surface area contributed by atoms with E-state index in [0.29, 0.717) is 39.4 Å². The minimum Gasteiger partial charge on any atom is -0.481 e. The third kappa shape index (κ3) is 27.2. The van der Waals surface area contributed by atoms with Crippen LogP contribution in [0.15, 0.2) is 0 Å². The summed E-state index contributed by atoms with van der Waals surface area (Å²) < 4.78 is 10.5. The molecule has 4 N–H and O–H groups in total. The lowest BCUT2D eigenvalue weighted by Gasteiger charge is -2.14. The van der Waals surface area contributed by atoms with Crippen molar-refractivity contribution >= 4 is 23.8 Å². The van der Waals surface area contributed by atoms with Gasteiger partial charge in [0.25, 0.3) is 0 Å². The van der Waals surface area contributed by atoms with Gasteiger partial charge in [-0.05, 0) is 26.2 Å². The Morgan fingerprint density at radius 3 is 1.59 bits per heavy atom. The molecule has 10 heteroatoms. The molecule has 0 aromatic carbocycles. The Kier molecular flexibility index (Phi) is 25.8. The Balaban J connectivity index is 3.63. The highest BCUT2D eigenvalue weighted by Gasteiger charge is 2.20. The Labute approximate surface area is 235 Å². The van der Waals surface area contributed by atoms with Crippen LogP contribution in [-0.2, 0) is 28.7 Å². The highest BCUT2D eigenvalue weighted by atomic mass is 16.5. The maximum absolute atomic E-state index is 12.2. The zero-order valence-corrected chi connectivity index (χ0v) is 24.2. The third-order valence-electron chi connectivity index (χ3n) is 6.48. The summed E-state index contributed by atoms with van der Waals surface area (Å²) in [6.07, 6.45) is 16.1. The lowest BCUT2D eigenvalue weighted by molar-refractivity contribution is -0.142. The summed E-state index contributed by atoms with van der Waals surface area (Å²) in [6.45, 7) is 4.20. The van der Waals surface area contributed by atoms with E-state index in [2.05, 4.69) is 10.6 Å². The van der Waals surface area contributed by atoms with E-state index in [-0.39, 0.29) is 31.1 Å². The van der Waals surface area contributed by atoms with E-state index in [1.807, 2.05) is 6.92 Å². The molecule has 0 aromatic heterocycles. The number of amides is 2. The third-order valence-corrected chi connectivity index (χ3v) is 6.48. The summed E-state index contributed by atoms with van der Waals surface area (Å²) >= 11 is 0. The monoisotopic (exact) mass is 558 g/mol. The van der Waals surface area contributed by atoms with E-state index < -0.39 is 18.0 Å². The van der Waals surface area contributed by atoms with Crippen LogP contribution in [0.1, 0.15) is 122 Å². The minimum absolute atomic E-state index is 0.0186. The molecule has 0 aliphatic carbocycles. The number of carbonyl (C=O) groups excluding carboxylic acids is 2. The van der Waals surface area contributed by atoms with E-state index in [1.54, 1.807) is 0 Å². The van der Waals surface area contributed by atoms with Crippen LogP contribution in [0.5, 0.6) is 0 Å². The number of hydrogen-bond acceptors (Lipinski definition) is 6. The lowest BCUT2D eigenvalue weighted by Crippen LogP contribution is -2.41. The van der Waals surface area contributed by atoms with Crippen LogP contribution in [0, 0.1) is 0 Å². The van der Waals surface area contributed by atoms with E-state index >= 15 is 0 Å². The van der Waals surface area contributed by atoms with Gasteiger partial charge in [-0.3, -0.25) is 14.4 Å². The second-order valence-corrected chi connectivity index (χ2v) is 10.00. The van der Waals surface area contributed by atoms with E-state index in [0.717, 1.165) is 44.9 Å². The van der Waals surface area contributed by atoms with Gasteiger partial charge in [-0.1, -0.05) is 77.0 Å². The molecule has 0 radical (unpaired) electrons. The zero-order chi connectivity index (χ0) is 29.0. The second kappa shape index (κ2) is 27.4. The van der Waals surface area contributed by atoms with Crippen molar-refractivity contribution in [3.8, 4) is 0 Å². The lowest BCUT2D eigenvalue weighted by atomic mass is 10.0. The molecule has 0 bridgehead atoms. The minimum atomic E-state index is -1.13. The first kappa shape index (κ1) is 36.8. The molecule has 0 aromatic rings. The van der Waals surface area contributed by atoms with Crippen LogP contribution in [0.25, 0.3) is 0 Å². The van der Waals surface area contributed by atoms with Crippen LogP contribution in [0.2, 0.25) is 0 Å². The highest BCUT2D eigenvalue weighted by Crippen LogP contribution is 2.14. The molecule has 1 unspecified atom stereocenters. The number of ether oxygens (including phenoxy) is 2. The first-order valence-corrected chi connectivity index (χ1v) is 15.0. The topological polar surface area (TPSA) is 151 Å². The van der Waals surface area contributed by atoms with Crippen molar-refractivity contribution in [1.29, 1.82) is 0 Å². The summed E-state index contributed by atoms with van der Waals surface area (Å²) in [5, 5.41) is 23.2. The fourth-order valence-corrected chi connectivity index (χ4v) is 4.20. The quantitative estimate of drug-likeness (QED) is 0.0953. The molecule has 0 fully saturated rings. The van der Waals surface area contributed by atoms with E-state index in [9.17, 15) is 24.3 Å². The van der Waals surface area contributed by atoms with Crippen LogP contribution in [-0.4, -0.2) is 73.0 Å². The van der Waals surface area contributed by atoms with Gasteiger partial charge in [0.15, 0.2) is 0 Å². The first-order chi connectivity index (χ1) is 18.9. The number of unbranched alkanes of at least 4 members (excludes halogenated alkanes) is 13. The molecule has 39 heavy (non-hydrogen) atoms. The molecule has 0 spiro atoms. The molecule has 0 rings (SSSR count). The average Bonchev–Trinajstić information content (AvgIpc) is 2.89. The summed E-state index contributed by atoms with van der Waals surface area (Å²) in [6, 6.07) is -1.07. The van der Waals surface area contributed by atoms with E-state index in [4.69, 9.17) is 14.6 Å². The number of rotatable bonds is 29. The maximum Gasteiger partial charge on any atom is 0.326 e. The first-order valence-electron chi connectivity index (χ1n) is 15.0. The van der Waals surface area contributed by atoms with Gasteiger partial charge in [-0.15, -0.1) is 0 Å². The molecule has 1 atom stereocenters. The maximum atomic E-state index is 12.2. The number of carboxylic acid groups (broad SMARTS) is 2. The second-order valence-electron chi connectivity index (χ2n) is 10.00. The summed E-state index contributed by atoms with van der Waals surface area (Å²) in [5.41, 5.74) is 0. The number of nitrogens with one attached hydrogen (secondary N) is 2. The SMILES string of the molecule is CCOCCOCCNC(=O)CCC(NC(=O)CCCCCCCCCCCCCCCCC(=O)O)C(=O)O. The fraction of sp³-hybridized carbons (Fsp3) is 0.862. The van der Waals surface area contributed by atoms with Crippen molar-refractivity contribution in [2.24, 2.45) is 0 Å². The van der Waals surface area contributed by atoms with Gasteiger partial charge in [0, 0.05) is 32.4 Å². The van der Waals surface area contributed by atoms with Crippen LogP contribution in [0.3, 0.4) is 0 Å². The molecule has 0 heterocycles. The normalized spacial score (nSPS) is 11.7. The van der Waals surface area contributed by atoms with Gasteiger partial charge in [0.1, 0.15) is 6.04 Å². The Bertz CT molecular complexity index is 645. The molecular formula is C29H54N2O8. The van der Waals surface area contributed by atoms with Gasteiger partial charge in [0.2, 0.25) is 11.8 Å². The van der Waals surface area contributed by atoms with Crippen molar-refractivity contribution in [2.75, 3.05) is 33.0 Å². The molecule has 0 saturated heterocycles. The van der Waals surface area contributed by atoms with Crippen molar-refractivity contribution in [3.63, 3.8) is 0 Å². The number of aliphatic carboxylic acids is 2. The molecule has 228 valence electrons. The molecule has 0 aliphatic heterocycles. The predicted octanol–water partition coefficient (Wildman–Crippen LogP) is 4.83. The summed E-state index contributed by atoms with van der Waals surface area (Å²) in [5.74, 6) is -2.39. The van der Waals surface area contributed by atoms with Crippen molar-refractivity contribution in [1.82, 2.24) is 10.6 Å². The van der Waals surface area contributed by atoms with Crippen molar-refractivity contribution < 1.29 is 38.9 Å². The van der Waals surface area contributed by atoms with Gasteiger partial charge in [0.05, 0.1) is 19.8 Å². The van der Waals surface area contributed by atoms with E-state index in [1.165, 1.54) is 44.9 Å². The van der Waals surface area contributed by atoms with Gasteiger partial charge < -0.3 is 30.3 Å². The predicted molar refractivity (Wildman–Crippen MR) is 151 cm³/mol. The summed E-state index contributed by atoms with van der Waals surface area (Å²) in [7, 11) is 0. The highest BCUT2D eigenvalue weighted by molar-refractivity contribution is 5.84. The average molecular weight is 559 g/mol. The molecular weight excluding hydrogens is 504 g/mol. The van der Waals surface area contributed by atoms with Crippen molar-refractivity contribution in [2.45, 2.75) is 129 Å². The van der Waals surface area contributed by atoms with Gasteiger partial charge in [-0.25, -0.2) is 4.79 Å². The number of carbonyl (C=O) groups is 4. The van der Waals surface area contributed by atoms with Crippen LogP contribution >= 0.6 is 0 Å². The Morgan fingerprint density at radius 1 is 0.615 bits per heavy atom. The van der Waals surface area contributed by atoms with Crippen molar-refractivity contribution in [3.05, 3.63) is 0 Å². The molecule has 10 nitrogen and oxygen atoms in total. The number of carboxylic acids is 2. The van der Waals surface area contributed by atoms with Crippen LogP contribution < -0.4 is 10.6 Å². The largest absolute Gasteiger partial charge is 0.481 e. The standard InChI is InChI=1S/C29H54N2O8/c1-2-38-23-24-39-22-21-30-26(32)20-19-25(29(36)37)31-27(33)17-15-13-11-9-7-5-3-4-6-8-10-12-14-16-18-28(34)35/h25H,2-24H2,1H3,(H,30,32)(H,31,33)(H,34,35)(H,36,37). The molecule has 0 aliphatic rings. The fourth-order valence-electron chi connectivity index (χ4n) is 4.20. The Hall–Kier alpha value is -2.20. The summed E-state index contributed by atoms with van der Waals surface area (Å²) in [4.78, 5) is 46.0. The zero-order valence-electron chi connectivity index (χ0n) is 24.2. The van der Waals surface area contributed by atoms with Crippen LogP contribution in [0.4, 0.5) is 0 Å². The molecule has 2 amide bonds.